The Morgan fingerprint density at radius 2 is 1.89 bits per heavy atom. The zero-order valence-corrected chi connectivity index (χ0v) is 12.8. The molecule has 1 aliphatic rings. The monoisotopic (exact) mass is 293 g/mol. The van der Waals surface area contributed by atoms with E-state index in [-0.39, 0.29) is 0 Å². The van der Waals surface area contributed by atoms with Gasteiger partial charge in [-0.2, -0.15) is 0 Å². The van der Waals surface area contributed by atoms with Gasteiger partial charge in [-0.25, -0.2) is 9.98 Å². The number of allylic oxidation sites excluding steroid dienone is 1. The molecular formula is C14H16ClN3S. The first-order chi connectivity index (χ1) is 9.10. The maximum Gasteiger partial charge on any atom is 0.189 e. The largest absolute Gasteiger partial charge is 0.378 e. The summed E-state index contributed by atoms with van der Waals surface area (Å²) in [5.74, 6) is 0.942. The van der Waals surface area contributed by atoms with E-state index in [0.29, 0.717) is 5.17 Å². The molecule has 100 valence electrons. The topological polar surface area (TPSA) is 28.0 Å². The van der Waals surface area contributed by atoms with Gasteiger partial charge in [-0.3, -0.25) is 0 Å². The van der Waals surface area contributed by atoms with Crippen molar-refractivity contribution in [3.63, 3.8) is 0 Å². The van der Waals surface area contributed by atoms with Gasteiger partial charge in [-0.1, -0.05) is 42.4 Å². The summed E-state index contributed by atoms with van der Waals surface area (Å²) in [7, 11) is 4.04. The summed E-state index contributed by atoms with van der Waals surface area (Å²) in [4.78, 5) is 10.7. The lowest BCUT2D eigenvalue weighted by atomic mass is 10.1. The third kappa shape index (κ3) is 3.61. The Bertz CT molecular complexity index is 544. The number of benzene rings is 1. The molecule has 1 aromatic rings. The first kappa shape index (κ1) is 14.2. The number of anilines is 1. The van der Waals surface area contributed by atoms with Crippen molar-refractivity contribution < 1.29 is 0 Å². The summed E-state index contributed by atoms with van der Waals surface area (Å²) < 4.78 is 0. The molecule has 0 aliphatic carbocycles. The lowest BCUT2D eigenvalue weighted by Crippen LogP contribution is -2.07. The minimum Gasteiger partial charge on any atom is -0.378 e. The van der Waals surface area contributed by atoms with Crippen molar-refractivity contribution in [1.82, 2.24) is 0 Å². The Kier molecular flexibility index (Phi) is 4.66. The van der Waals surface area contributed by atoms with Gasteiger partial charge in [0.15, 0.2) is 10.3 Å². The van der Waals surface area contributed by atoms with Crippen LogP contribution in [0.5, 0.6) is 0 Å². The summed E-state index contributed by atoms with van der Waals surface area (Å²) in [6.45, 7) is 2.07. The Morgan fingerprint density at radius 1 is 1.21 bits per heavy atom. The molecule has 0 N–H and O–H groups in total. The molecule has 0 radical (unpaired) electrons. The summed E-state index contributed by atoms with van der Waals surface area (Å²) in [5, 5.41) is 1.20. The van der Waals surface area contributed by atoms with Gasteiger partial charge >= 0.3 is 0 Å². The SMILES string of the molecule is CCSC1=N/C(=C\c2ccc(N(C)C)cc2)C(Cl)=N1. The molecule has 1 aromatic carbocycles. The number of nitrogens with zero attached hydrogens (tertiary/aromatic N) is 3. The molecule has 1 heterocycles. The average Bonchev–Trinajstić information content (AvgIpc) is 2.71. The highest BCUT2D eigenvalue weighted by molar-refractivity contribution is 8.13. The molecule has 1 aliphatic heterocycles. The second kappa shape index (κ2) is 6.26. The van der Waals surface area contributed by atoms with E-state index in [1.807, 2.05) is 32.3 Å². The molecular weight excluding hydrogens is 278 g/mol. The molecule has 19 heavy (non-hydrogen) atoms. The van der Waals surface area contributed by atoms with Crippen LogP contribution in [-0.2, 0) is 0 Å². The molecule has 0 saturated heterocycles. The zero-order chi connectivity index (χ0) is 13.8. The second-order valence-corrected chi connectivity index (χ2v) is 5.83. The number of amidine groups is 1. The van der Waals surface area contributed by atoms with E-state index in [4.69, 9.17) is 11.6 Å². The highest BCUT2D eigenvalue weighted by atomic mass is 35.5. The number of hydrogen-bond donors (Lipinski definition) is 0. The molecule has 0 fully saturated rings. The quantitative estimate of drug-likeness (QED) is 0.846. The molecule has 2 rings (SSSR count). The van der Waals surface area contributed by atoms with Crippen LogP contribution in [0.4, 0.5) is 5.69 Å². The van der Waals surface area contributed by atoms with Gasteiger partial charge in [0.2, 0.25) is 0 Å². The molecule has 0 spiro atoms. The van der Waals surface area contributed by atoms with Gasteiger partial charge in [-0.05, 0) is 29.5 Å². The van der Waals surface area contributed by atoms with Gasteiger partial charge in [0.25, 0.3) is 0 Å². The van der Waals surface area contributed by atoms with Crippen LogP contribution in [-0.4, -0.2) is 30.2 Å². The van der Waals surface area contributed by atoms with Crippen LogP contribution >= 0.6 is 23.4 Å². The minimum absolute atomic E-state index is 0.465. The number of thioether (sulfide) groups is 1. The third-order valence-corrected chi connectivity index (χ3v) is 3.62. The van der Waals surface area contributed by atoms with E-state index in [0.717, 1.165) is 22.2 Å². The van der Waals surface area contributed by atoms with Crippen LogP contribution in [0, 0.1) is 0 Å². The second-order valence-electron chi connectivity index (χ2n) is 4.25. The predicted octanol–water partition coefficient (Wildman–Crippen LogP) is 3.85. The van der Waals surface area contributed by atoms with Crippen molar-refractivity contribution in [2.75, 3.05) is 24.7 Å². The van der Waals surface area contributed by atoms with Gasteiger partial charge in [0.05, 0.1) is 0 Å². The van der Waals surface area contributed by atoms with Crippen molar-refractivity contribution in [3.05, 3.63) is 35.5 Å². The molecule has 0 atom stereocenters. The number of aliphatic imine (C=N–C) groups is 2. The molecule has 0 unspecified atom stereocenters. The fraction of sp³-hybridized carbons (Fsp3) is 0.286. The van der Waals surface area contributed by atoms with Crippen molar-refractivity contribution in [2.45, 2.75) is 6.92 Å². The maximum absolute atomic E-state index is 6.09. The van der Waals surface area contributed by atoms with Gasteiger partial charge in [0.1, 0.15) is 5.70 Å². The van der Waals surface area contributed by atoms with Gasteiger partial charge < -0.3 is 4.90 Å². The molecule has 5 heteroatoms. The highest BCUT2D eigenvalue weighted by Crippen LogP contribution is 2.22. The van der Waals surface area contributed by atoms with E-state index in [1.54, 1.807) is 11.8 Å². The summed E-state index contributed by atoms with van der Waals surface area (Å²) >= 11 is 7.68. The van der Waals surface area contributed by atoms with E-state index in [9.17, 15) is 0 Å². The van der Waals surface area contributed by atoms with Crippen LogP contribution in [0.15, 0.2) is 39.9 Å². The summed E-state index contributed by atoms with van der Waals surface area (Å²) in [5.41, 5.74) is 2.97. The smallest absolute Gasteiger partial charge is 0.189 e. The van der Waals surface area contributed by atoms with Crippen LogP contribution < -0.4 is 4.90 Å². The zero-order valence-electron chi connectivity index (χ0n) is 11.2. The fourth-order valence-corrected chi connectivity index (χ4v) is 2.43. The van der Waals surface area contributed by atoms with Crippen molar-refractivity contribution in [1.29, 1.82) is 0 Å². The van der Waals surface area contributed by atoms with Crippen LogP contribution in [0.2, 0.25) is 0 Å². The predicted molar refractivity (Wildman–Crippen MR) is 87.6 cm³/mol. The lowest BCUT2D eigenvalue weighted by Gasteiger charge is -2.11. The Balaban J connectivity index is 2.20. The van der Waals surface area contributed by atoms with Crippen molar-refractivity contribution in [3.8, 4) is 0 Å². The Hall–Kier alpha value is -1.26. The molecule has 3 nitrogen and oxygen atoms in total. The Labute approximate surface area is 123 Å². The lowest BCUT2D eigenvalue weighted by molar-refractivity contribution is 1.13. The van der Waals surface area contributed by atoms with Crippen LogP contribution in [0.25, 0.3) is 6.08 Å². The molecule has 0 aromatic heterocycles. The molecule has 0 amide bonds. The minimum atomic E-state index is 0.465. The average molecular weight is 294 g/mol. The van der Waals surface area contributed by atoms with E-state index >= 15 is 0 Å². The highest BCUT2D eigenvalue weighted by Gasteiger charge is 2.14. The van der Waals surface area contributed by atoms with Crippen molar-refractivity contribution >= 4 is 45.5 Å². The van der Waals surface area contributed by atoms with E-state index in [1.165, 1.54) is 5.69 Å². The van der Waals surface area contributed by atoms with E-state index in [2.05, 4.69) is 33.9 Å². The molecule has 0 bridgehead atoms. The summed E-state index contributed by atoms with van der Waals surface area (Å²) in [6, 6.07) is 8.23. The van der Waals surface area contributed by atoms with Gasteiger partial charge in [0, 0.05) is 19.8 Å². The normalized spacial score (nSPS) is 16.5. The first-order valence-corrected chi connectivity index (χ1v) is 7.41. The maximum atomic E-state index is 6.09. The van der Waals surface area contributed by atoms with Crippen LogP contribution in [0.3, 0.4) is 0 Å². The van der Waals surface area contributed by atoms with E-state index < -0.39 is 0 Å². The standard InChI is InChI=1S/C14H16ClN3S/c1-4-19-14-16-12(13(15)17-14)9-10-5-7-11(8-6-10)18(2)3/h5-9H,4H2,1-3H3/b12-9-. The third-order valence-electron chi connectivity index (χ3n) is 2.61. The van der Waals surface area contributed by atoms with Gasteiger partial charge in [-0.15, -0.1) is 0 Å². The number of halogens is 1. The van der Waals surface area contributed by atoms with Crippen molar-refractivity contribution in [2.24, 2.45) is 9.98 Å². The number of hydrogen-bond acceptors (Lipinski definition) is 4. The molecule has 0 saturated carbocycles. The Morgan fingerprint density at radius 3 is 2.47 bits per heavy atom. The number of rotatable bonds is 3. The summed E-state index contributed by atoms with van der Waals surface area (Å²) in [6.07, 6.45) is 1.95. The fourth-order valence-electron chi connectivity index (χ4n) is 1.63. The first-order valence-electron chi connectivity index (χ1n) is 6.05. The van der Waals surface area contributed by atoms with Crippen LogP contribution in [0.1, 0.15) is 12.5 Å².